The Bertz CT molecular complexity index is 683. The number of hydrogen-bond acceptors (Lipinski definition) is 6. The summed E-state index contributed by atoms with van der Waals surface area (Å²) in [5.74, 6) is 0.479. The van der Waals surface area contributed by atoms with Gasteiger partial charge in [0.1, 0.15) is 0 Å². The lowest BCUT2D eigenvalue weighted by Crippen LogP contribution is -2.31. The Balaban J connectivity index is 2.25. The molecule has 0 unspecified atom stereocenters. The highest BCUT2D eigenvalue weighted by molar-refractivity contribution is 6.00. The molecule has 122 valence electrons. The van der Waals surface area contributed by atoms with Gasteiger partial charge in [-0.3, -0.25) is 4.79 Å². The quantitative estimate of drug-likeness (QED) is 0.760. The van der Waals surface area contributed by atoms with Gasteiger partial charge in [0, 0.05) is 5.56 Å². The van der Waals surface area contributed by atoms with Crippen LogP contribution in [0, 0.1) is 0 Å². The van der Waals surface area contributed by atoms with E-state index in [1.165, 1.54) is 32.4 Å². The molecular weight excluding hydrogens is 300 g/mol. The lowest BCUT2D eigenvalue weighted by Gasteiger charge is -2.18. The highest BCUT2D eigenvalue weighted by atomic mass is 16.5. The average molecular weight is 318 g/mol. The molecule has 0 heterocycles. The number of ketones is 1. The van der Waals surface area contributed by atoms with E-state index in [0.29, 0.717) is 11.5 Å². The molecule has 23 heavy (non-hydrogen) atoms. The minimum atomic E-state index is -1.10. The molecule has 0 saturated carbocycles. The molecule has 0 bridgehead atoms. The second-order valence-corrected chi connectivity index (χ2v) is 4.69. The van der Waals surface area contributed by atoms with Crippen molar-refractivity contribution in [3.8, 4) is 23.0 Å². The lowest BCUT2D eigenvalue weighted by atomic mass is 10.1. The summed E-state index contributed by atoms with van der Waals surface area (Å²) in [7, 11) is 2.88. The zero-order valence-electron chi connectivity index (χ0n) is 12.9. The Hall–Kier alpha value is -2.73. The lowest BCUT2D eigenvalue weighted by molar-refractivity contribution is 0.0651. The Morgan fingerprint density at radius 3 is 2.30 bits per heavy atom. The van der Waals surface area contributed by atoms with E-state index < -0.39 is 18.5 Å². The van der Waals surface area contributed by atoms with Crippen LogP contribution in [0.25, 0.3) is 0 Å². The fraction of sp³-hybridized carbons (Fsp3) is 0.235. The summed E-state index contributed by atoms with van der Waals surface area (Å²) in [6.07, 6.45) is -1.10. The fourth-order valence-corrected chi connectivity index (χ4v) is 2.06. The van der Waals surface area contributed by atoms with Crippen LogP contribution in [0.1, 0.15) is 10.4 Å². The number of phenolic OH excluding ortho intramolecular Hbond substituents is 1. The van der Waals surface area contributed by atoms with Crippen molar-refractivity contribution in [1.29, 1.82) is 0 Å². The highest BCUT2D eigenvalue weighted by Crippen LogP contribution is 2.29. The third-order valence-electron chi connectivity index (χ3n) is 3.26. The first-order valence-electron chi connectivity index (χ1n) is 6.92. The van der Waals surface area contributed by atoms with Crippen molar-refractivity contribution >= 4 is 5.78 Å². The molecule has 0 saturated heterocycles. The molecule has 2 aromatic rings. The normalized spacial score (nSPS) is 11.6. The highest BCUT2D eigenvalue weighted by Gasteiger charge is 2.23. The molecule has 2 N–H and O–H groups in total. The van der Waals surface area contributed by atoms with Gasteiger partial charge in [-0.1, -0.05) is 12.1 Å². The van der Waals surface area contributed by atoms with Crippen LogP contribution in [0.4, 0.5) is 0 Å². The molecule has 0 aliphatic rings. The number of phenols is 1. The zero-order valence-corrected chi connectivity index (χ0v) is 12.9. The van der Waals surface area contributed by atoms with E-state index in [4.69, 9.17) is 14.2 Å². The van der Waals surface area contributed by atoms with Gasteiger partial charge in [-0.15, -0.1) is 0 Å². The van der Waals surface area contributed by atoms with Gasteiger partial charge in [0.2, 0.25) is 5.78 Å². The Kier molecular flexibility index (Phi) is 5.43. The Morgan fingerprint density at radius 1 is 1.04 bits per heavy atom. The van der Waals surface area contributed by atoms with E-state index in [-0.39, 0.29) is 17.1 Å². The minimum absolute atomic E-state index is 0.0738. The third kappa shape index (κ3) is 3.73. The largest absolute Gasteiger partial charge is 0.504 e. The van der Waals surface area contributed by atoms with Crippen molar-refractivity contribution in [2.24, 2.45) is 0 Å². The molecule has 6 nitrogen and oxygen atoms in total. The van der Waals surface area contributed by atoms with Crippen LogP contribution in [-0.2, 0) is 0 Å². The number of aliphatic hydroxyl groups excluding tert-OH is 1. The number of ether oxygens (including phenoxy) is 3. The first-order valence-corrected chi connectivity index (χ1v) is 6.92. The standard InChI is InChI=1S/C17H18O6/c1-21-13-5-3-4-6-14(13)23-16(10-18)17(20)11-7-8-12(19)15(9-11)22-2/h3-9,16,18-19H,10H2,1-2H3/t16-/m1/s1. The zero-order chi connectivity index (χ0) is 16.8. The molecule has 0 amide bonds. The number of aliphatic hydroxyl groups is 1. The van der Waals surface area contributed by atoms with Gasteiger partial charge in [-0.05, 0) is 30.3 Å². The maximum Gasteiger partial charge on any atom is 0.205 e. The van der Waals surface area contributed by atoms with E-state index in [1.807, 2.05) is 0 Å². The van der Waals surface area contributed by atoms with Crippen molar-refractivity contribution in [2.45, 2.75) is 6.10 Å². The first-order chi connectivity index (χ1) is 11.1. The molecule has 0 aromatic heterocycles. The van der Waals surface area contributed by atoms with Crippen LogP contribution in [-0.4, -0.2) is 42.9 Å². The summed E-state index contributed by atoms with van der Waals surface area (Å²) in [5.41, 5.74) is 0.258. The van der Waals surface area contributed by atoms with Crippen LogP contribution in [0.5, 0.6) is 23.0 Å². The van der Waals surface area contributed by atoms with Crippen LogP contribution in [0.2, 0.25) is 0 Å². The van der Waals surface area contributed by atoms with Crippen LogP contribution >= 0.6 is 0 Å². The van der Waals surface area contributed by atoms with Gasteiger partial charge in [-0.25, -0.2) is 0 Å². The SMILES string of the molecule is COc1cc(C(=O)[C@@H](CO)Oc2ccccc2OC)ccc1O. The summed E-state index contributed by atoms with van der Waals surface area (Å²) in [6.45, 7) is -0.500. The predicted molar refractivity (Wildman–Crippen MR) is 83.5 cm³/mol. The predicted octanol–water partition coefficient (Wildman–Crippen LogP) is 2.03. The van der Waals surface area contributed by atoms with Gasteiger partial charge < -0.3 is 24.4 Å². The maximum atomic E-state index is 12.5. The average Bonchev–Trinajstić information content (AvgIpc) is 2.59. The molecular formula is C17H18O6. The van der Waals surface area contributed by atoms with Crippen molar-refractivity contribution in [3.05, 3.63) is 48.0 Å². The maximum absolute atomic E-state index is 12.5. The molecule has 0 aliphatic heterocycles. The number of benzene rings is 2. The van der Waals surface area contributed by atoms with E-state index >= 15 is 0 Å². The molecule has 6 heteroatoms. The van der Waals surface area contributed by atoms with Gasteiger partial charge in [0.25, 0.3) is 0 Å². The van der Waals surface area contributed by atoms with Crippen LogP contribution in [0.3, 0.4) is 0 Å². The minimum Gasteiger partial charge on any atom is -0.504 e. The number of aromatic hydroxyl groups is 1. The van der Waals surface area contributed by atoms with Crippen molar-refractivity contribution in [2.75, 3.05) is 20.8 Å². The number of carbonyl (C=O) groups excluding carboxylic acids is 1. The van der Waals surface area contributed by atoms with E-state index in [1.54, 1.807) is 24.3 Å². The Labute approximate surface area is 133 Å². The van der Waals surface area contributed by atoms with Crippen molar-refractivity contribution in [1.82, 2.24) is 0 Å². The number of para-hydroxylation sites is 2. The summed E-state index contributed by atoms with van der Waals surface area (Å²) in [6, 6.07) is 11.0. The van der Waals surface area contributed by atoms with E-state index in [2.05, 4.69) is 0 Å². The topological polar surface area (TPSA) is 85.2 Å². The molecule has 2 aromatic carbocycles. The summed E-state index contributed by atoms with van der Waals surface area (Å²) in [5, 5.41) is 19.1. The Morgan fingerprint density at radius 2 is 1.70 bits per heavy atom. The van der Waals surface area contributed by atoms with Gasteiger partial charge in [-0.2, -0.15) is 0 Å². The summed E-state index contributed by atoms with van der Waals surface area (Å²) >= 11 is 0. The second-order valence-electron chi connectivity index (χ2n) is 4.69. The molecule has 0 spiro atoms. The van der Waals surface area contributed by atoms with Crippen molar-refractivity contribution < 1.29 is 29.2 Å². The molecule has 0 aliphatic carbocycles. The molecule has 2 rings (SSSR count). The fourth-order valence-electron chi connectivity index (χ4n) is 2.06. The molecule has 1 atom stereocenters. The van der Waals surface area contributed by atoms with Gasteiger partial charge >= 0.3 is 0 Å². The summed E-state index contributed by atoms with van der Waals surface area (Å²) < 4.78 is 15.7. The molecule has 0 radical (unpaired) electrons. The van der Waals surface area contributed by atoms with Gasteiger partial charge in [0.15, 0.2) is 29.1 Å². The summed E-state index contributed by atoms with van der Waals surface area (Å²) in [4.78, 5) is 12.5. The number of rotatable bonds is 7. The third-order valence-corrected chi connectivity index (χ3v) is 3.26. The number of carbonyl (C=O) groups is 1. The van der Waals surface area contributed by atoms with Gasteiger partial charge in [0.05, 0.1) is 20.8 Å². The molecule has 0 fully saturated rings. The second kappa shape index (κ2) is 7.51. The number of methoxy groups -OCH3 is 2. The van der Waals surface area contributed by atoms with Crippen LogP contribution < -0.4 is 14.2 Å². The van der Waals surface area contributed by atoms with E-state index in [0.717, 1.165) is 0 Å². The first kappa shape index (κ1) is 16.6. The monoisotopic (exact) mass is 318 g/mol. The van der Waals surface area contributed by atoms with E-state index in [9.17, 15) is 15.0 Å². The number of Topliss-reactive ketones (excluding diaryl/α,β-unsaturated/α-hetero) is 1. The smallest absolute Gasteiger partial charge is 0.205 e. The van der Waals surface area contributed by atoms with Crippen molar-refractivity contribution in [3.63, 3.8) is 0 Å². The van der Waals surface area contributed by atoms with Crippen LogP contribution in [0.15, 0.2) is 42.5 Å². The number of hydrogen-bond donors (Lipinski definition) is 2.